The molecule has 1 fully saturated rings. The maximum Gasteiger partial charge on any atom is 0.358 e. The van der Waals surface area contributed by atoms with E-state index in [0.717, 1.165) is 12.8 Å². The maximum absolute atomic E-state index is 11.2. The fourth-order valence-corrected chi connectivity index (χ4v) is 3.25. The number of nitrogens with zero attached hydrogens (tertiary/aromatic N) is 3. The van der Waals surface area contributed by atoms with Crippen LogP contribution in [0.5, 0.6) is 0 Å². The Morgan fingerprint density at radius 3 is 2.53 bits per heavy atom. The van der Waals surface area contributed by atoms with Gasteiger partial charge >= 0.3 is 5.97 Å². The van der Waals surface area contributed by atoms with Crippen molar-refractivity contribution < 1.29 is 9.90 Å². The molecule has 0 bridgehead atoms. The molecule has 1 aliphatic rings. The van der Waals surface area contributed by atoms with Gasteiger partial charge < -0.3 is 10.8 Å². The van der Waals surface area contributed by atoms with E-state index in [1.807, 2.05) is 4.68 Å². The summed E-state index contributed by atoms with van der Waals surface area (Å²) in [6.07, 6.45) is 3.80. The predicted molar refractivity (Wildman–Crippen MR) is 71.0 cm³/mol. The normalized spacial score (nSPS) is 27.4. The van der Waals surface area contributed by atoms with Crippen LogP contribution in [0.3, 0.4) is 0 Å². The highest BCUT2D eigenvalue weighted by atomic mass is 16.4. The number of hydrogen-bond donors (Lipinski definition) is 2. The molecule has 0 aromatic carbocycles. The van der Waals surface area contributed by atoms with Gasteiger partial charge in [-0.2, -0.15) is 0 Å². The van der Waals surface area contributed by atoms with Gasteiger partial charge in [0.2, 0.25) is 0 Å². The van der Waals surface area contributed by atoms with Gasteiger partial charge in [0.25, 0.3) is 0 Å². The third-order valence-electron chi connectivity index (χ3n) is 3.87. The first-order chi connectivity index (χ1) is 9.02. The zero-order valence-corrected chi connectivity index (χ0v) is 11.5. The molecule has 2 atom stereocenters. The molecule has 1 aromatic heterocycles. The molecule has 19 heavy (non-hydrogen) atoms. The first-order valence-electron chi connectivity index (χ1n) is 6.90. The van der Waals surface area contributed by atoms with E-state index in [-0.39, 0.29) is 11.7 Å². The summed E-state index contributed by atoms with van der Waals surface area (Å²) in [5.74, 6) is 0.250. The Balaban J connectivity index is 2.30. The summed E-state index contributed by atoms with van der Waals surface area (Å²) in [4.78, 5) is 11.2. The molecule has 106 valence electrons. The zero-order chi connectivity index (χ0) is 14.0. The lowest BCUT2D eigenvalue weighted by Crippen LogP contribution is -2.25. The molecule has 0 radical (unpaired) electrons. The highest BCUT2D eigenvalue weighted by Crippen LogP contribution is 2.36. The van der Waals surface area contributed by atoms with E-state index in [0.29, 0.717) is 30.5 Å². The highest BCUT2D eigenvalue weighted by molar-refractivity contribution is 5.86. The minimum atomic E-state index is -1.02. The van der Waals surface area contributed by atoms with Gasteiger partial charge in [-0.25, -0.2) is 9.48 Å². The zero-order valence-electron chi connectivity index (χ0n) is 11.5. The quantitative estimate of drug-likeness (QED) is 0.860. The minimum Gasteiger partial charge on any atom is -0.476 e. The number of carbonyl (C=O) groups is 1. The average Bonchev–Trinajstić information content (AvgIpc) is 2.72. The van der Waals surface area contributed by atoms with Crippen molar-refractivity contribution in [1.82, 2.24) is 15.0 Å². The van der Waals surface area contributed by atoms with Crippen LogP contribution >= 0.6 is 0 Å². The average molecular weight is 266 g/mol. The van der Waals surface area contributed by atoms with Crippen LogP contribution in [0.1, 0.15) is 55.3 Å². The monoisotopic (exact) mass is 266 g/mol. The van der Waals surface area contributed by atoms with Crippen LogP contribution in [-0.4, -0.2) is 32.6 Å². The summed E-state index contributed by atoms with van der Waals surface area (Å²) < 4.78 is 1.81. The number of carboxylic acid groups (broad SMARTS) is 1. The summed E-state index contributed by atoms with van der Waals surface area (Å²) in [5, 5.41) is 17.0. The molecule has 0 aliphatic heterocycles. The minimum absolute atomic E-state index is 0.0522. The van der Waals surface area contributed by atoms with Crippen molar-refractivity contribution >= 4 is 5.97 Å². The lowest BCUT2D eigenvalue weighted by Gasteiger charge is -2.32. The van der Waals surface area contributed by atoms with Gasteiger partial charge in [0.05, 0.1) is 11.7 Å². The Morgan fingerprint density at radius 1 is 1.37 bits per heavy atom. The van der Waals surface area contributed by atoms with E-state index in [1.54, 1.807) is 0 Å². The van der Waals surface area contributed by atoms with Crippen LogP contribution in [0.2, 0.25) is 0 Å². The molecule has 1 heterocycles. The van der Waals surface area contributed by atoms with E-state index in [1.165, 1.54) is 6.42 Å². The van der Waals surface area contributed by atoms with Gasteiger partial charge in [0.15, 0.2) is 5.69 Å². The molecule has 0 spiro atoms. The lowest BCUT2D eigenvalue weighted by atomic mass is 9.80. The third kappa shape index (κ3) is 2.94. The number of nitrogens with two attached hydrogens (primary N) is 1. The molecule has 3 N–H and O–H groups in total. The summed E-state index contributed by atoms with van der Waals surface area (Å²) in [6.45, 7) is 4.88. The number of aromatic nitrogens is 3. The van der Waals surface area contributed by atoms with Crippen molar-refractivity contribution in [3.63, 3.8) is 0 Å². The fraction of sp³-hybridized carbons (Fsp3) is 0.769. The van der Waals surface area contributed by atoms with E-state index in [4.69, 9.17) is 10.8 Å². The molecule has 2 unspecified atom stereocenters. The van der Waals surface area contributed by atoms with E-state index in [9.17, 15) is 4.79 Å². The maximum atomic E-state index is 11.2. The number of rotatable bonds is 4. The van der Waals surface area contributed by atoms with Crippen LogP contribution in [0, 0.1) is 11.8 Å². The molecule has 2 rings (SSSR count). The van der Waals surface area contributed by atoms with Crippen LogP contribution in [0.4, 0.5) is 0 Å². The molecule has 6 nitrogen and oxygen atoms in total. The van der Waals surface area contributed by atoms with Crippen LogP contribution in [0.25, 0.3) is 0 Å². The van der Waals surface area contributed by atoms with Crippen molar-refractivity contribution in [3.8, 4) is 0 Å². The second-order valence-electron chi connectivity index (χ2n) is 5.74. The summed E-state index contributed by atoms with van der Waals surface area (Å²) in [7, 11) is 0. The van der Waals surface area contributed by atoms with E-state index >= 15 is 0 Å². The summed E-state index contributed by atoms with van der Waals surface area (Å²) >= 11 is 0. The van der Waals surface area contributed by atoms with Crippen LogP contribution in [-0.2, 0) is 6.42 Å². The van der Waals surface area contributed by atoms with Crippen molar-refractivity contribution in [2.45, 2.75) is 45.6 Å². The molecular formula is C13H22N4O2. The molecule has 1 aromatic rings. The SMILES string of the molecule is CC1CC(C)CC(n2nnc(C(=O)O)c2CCN)C1. The Labute approximate surface area is 113 Å². The third-order valence-corrected chi connectivity index (χ3v) is 3.87. The molecule has 0 saturated heterocycles. The Bertz CT molecular complexity index is 447. The van der Waals surface area contributed by atoms with Gasteiger partial charge in [-0.05, 0) is 37.6 Å². The second-order valence-corrected chi connectivity index (χ2v) is 5.74. The van der Waals surface area contributed by atoms with Gasteiger partial charge in [-0.3, -0.25) is 0 Å². The van der Waals surface area contributed by atoms with Gasteiger partial charge in [0.1, 0.15) is 0 Å². The molecule has 6 heteroatoms. The van der Waals surface area contributed by atoms with Crippen molar-refractivity contribution in [1.29, 1.82) is 0 Å². The van der Waals surface area contributed by atoms with E-state index in [2.05, 4.69) is 24.2 Å². The standard InChI is InChI=1S/C13H22N4O2/c1-8-5-9(2)7-10(6-8)17-11(3-4-14)12(13(18)19)15-16-17/h8-10H,3-7,14H2,1-2H3,(H,18,19). The van der Waals surface area contributed by atoms with Gasteiger partial charge in [-0.15, -0.1) is 5.10 Å². The Morgan fingerprint density at radius 2 is 2.00 bits per heavy atom. The first kappa shape index (κ1) is 14.0. The van der Waals surface area contributed by atoms with E-state index < -0.39 is 5.97 Å². The van der Waals surface area contributed by atoms with Crippen molar-refractivity contribution in [3.05, 3.63) is 11.4 Å². The van der Waals surface area contributed by atoms with Crippen LogP contribution < -0.4 is 5.73 Å². The van der Waals surface area contributed by atoms with Gasteiger partial charge in [-0.1, -0.05) is 19.1 Å². The lowest BCUT2D eigenvalue weighted by molar-refractivity contribution is 0.0689. The molecular weight excluding hydrogens is 244 g/mol. The van der Waals surface area contributed by atoms with Crippen molar-refractivity contribution in [2.75, 3.05) is 6.54 Å². The second kappa shape index (κ2) is 5.69. The highest BCUT2D eigenvalue weighted by Gasteiger charge is 2.29. The number of hydrogen-bond acceptors (Lipinski definition) is 4. The number of carboxylic acids is 1. The number of aromatic carboxylic acids is 1. The molecule has 1 aliphatic carbocycles. The first-order valence-corrected chi connectivity index (χ1v) is 6.90. The fourth-order valence-electron chi connectivity index (χ4n) is 3.25. The van der Waals surface area contributed by atoms with Crippen LogP contribution in [0.15, 0.2) is 0 Å². The topological polar surface area (TPSA) is 94.0 Å². The molecule has 1 saturated carbocycles. The van der Waals surface area contributed by atoms with Gasteiger partial charge in [0, 0.05) is 6.42 Å². The summed E-state index contributed by atoms with van der Waals surface area (Å²) in [5.41, 5.74) is 6.30. The smallest absolute Gasteiger partial charge is 0.358 e. The Kier molecular flexibility index (Phi) is 4.19. The van der Waals surface area contributed by atoms with Crippen molar-refractivity contribution in [2.24, 2.45) is 17.6 Å². The predicted octanol–water partition coefficient (Wildman–Crippen LogP) is 1.47. The Hall–Kier alpha value is -1.43. The largest absolute Gasteiger partial charge is 0.476 e. The summed E-state index contributed by atoms with van der Waals surface area (Å²) in [6, 6.07) is 0.251. The molecule has 0 amide bonds.